The van der Waals surface area contributed by atoms with E-state index in [1.54, 1.807) is 0 Å². The zero-order chi connectivity index (χ0) is 12.5. The first-order chi connectivity index (χ1) is 8.72. The fourth-order valence-corrected chi connectivity index (χ4v) is 5.03. The molecule has 2 bridgehead atoms. The highest BCUT2D eigenvalue weighted by Gasteiger charge is 2.35. The molecular weight excluding hydrogens is 280 g/mol. The summed E-state index contributed by atoms with van der Waals surface area (Å²) < 4.78 is 0. The summed E-state index contributed by atoms with van der Waals surface area (Å²) in [4.78, 5) is 14.4. The molecule has 3 rings (SSSR count). The van der Waals surface area contributed by atoms with E-state index in [4.69, 9.17) is 0 Å². The number of hydrogen-bond donors (Lipinski definition) is 1. The molecule has 1 N–H and O–H groups in total. The van der Waals surface area contributed by atoms with Gasteiger partial charge < -0.3 is 10.2 Å². The smallest absolute Gasteiger partial charge is 0.222 e. The predicted octanol–water partition coefficient (Wildman–Crippen LogP) is 2.29. The lowest BCUT2D eigenvalue weighted by molar-refractivity contribution is -0.132. The van der Waals surface area contributed by atoms with Gasteiger partial charge in [0, 0.05) is 37.3 Å². The van der Waals surface area contributed by atoms with Crippen LogP contribution in [0.25, 0.3) is 0 Å². The van der Waals surface area contributed by atoms with E-state index in [2.05, 4.69) is 5.32 Å². The number of nitrogens with zero attached hydrogens (tertiary/aromatic N) is 1. The van der Waals surface area contributed by atoms with Crippen molar-refractivity contribution < 1.29 is 4.79 Å². The third kappa shape index (κ3) is 3.59. The van der Waals surface area contributed by atoms with E-state index in [0.717, 1.165) is 12.2 Å². The second kappa shape index (κ2) is 6.68. The highest BCUT2D eigenvalue weighted by atomic mass is 35.5. The van der Waals surface area contributed by atoms with Gasteiger partial charge in [0.2, 0.25) is 5.91 Å². The van der Waals surface area contributed by atoms with Gasteiger partial charge in [0.25, 0.3) is 0 Å². The van der Waals surface area contributed by atoms with Gasteiger partial charge in [0.15, 0.2) is 0 Å². The van der Waals surface area contributed by atoms with Gasteiger partial charge in [-0.05, 0) is 43.8 Å². The molecule has 110 valence electrons. The van der Waals surface area contributed by atoms with Crippen LogP contribution in [0.5, 0.6) is 0 Å². The summed E-state index contributed by atoms with van der Waals surface area (Å²) >= 11 is 1.98. The lowest BCUT2D eigenvalue weighted by Crippen LogP contribution is -2.42. The summed E-state index contributed by atoms with van der Waals surface area (Å²) in [5.41, 5.74) is 0. The maximum atomic E-state index is 12.3. The Morgan fingerprint density at radius 2 is 1.95 bits per heavy atom. The van der Waals surface area contributed by atoms with E-state index in [-0.39, 0.29) is 12.4 Å². The van der Waals surface area contributed by atoms with Crippen molar-refractivity contribution in [1.29, 1.82) is 0 Å². The summed E-state index contributed by atoms with van der Waals surface area (Å²) in [5, 5.41) is 3.65. The largest absolute Gasteiger partial charge is 0.342 e. The lowest BCUT2D eigenvalue weighted by atomic mass is 9.89. The quantitative estimate of drug-likeness (QED) is 0.868. The second-order valence-corrected chi connectivity index (χ2v) is 7.35. The number of carbonyl (C=O) groups is 1. The van der Waals surface area contributed by atoms with Crippen LogP contribution in [0.2, 0.25) is 0 Å². The van der Waals surface area contributed by atoms with Gasteiger partial charge in [0.05, 0.1) is 0 Å². The number of nitrogens with one attached hydrogen (secondary N) is 1. The van der Waals surface area contributed by atoms with Crippen molar-refractivity contribution in [3.8, 4) is 0 Å². The summed E-state index contributed by atoms with van der Waals surface area (Å²) in [5.74, 6) is 3.38. The van der Waals surface area contributed by atoms with Crippen molar-refractivity contribution in [2.24, 2.45) is 5.92 Å². The Morgan fingerprint density at radius 3 is 2.53 bits per heavy atom. The zero-order valence-corrected chi connectivity index (χ0v) is 13.3. The minimum Gasteiger partial charge on any atom is -0.342 e. The van der Waals surface area contributed by atoms with Gasteiger partial charge >= 0.3 is 0 Å². The predicted molar refractivity (Wildman–Crippen MR) is 83.0 cm³/mol. The van der Waals surface area contributed by atoms with E-state index >= 15 is 0 Å². The van der Waals surface area contributed by atoms with E-state index in [1.165, 1.54) is 37.9 Å². The fraction of sp³-hybridized carbons (Fsp3) is 0.929. The summed E-state index contributed by atoms with van der Waals surface area (Å²) in [6.07, 6.45) is 7.05. The minimum atomic E-state index is 0. The van der Waals surface area contributed by atoms with Crippen molar-refractivity contribution >= 4 is 30.1 Å². The fourth-order valence-electron chi connectivity index (χ4n) is 3.76. The van der Waals surface area contributed by atoms with E-state index in [9.17, 15) is 4.79 Å². The number of carbonyl (C=O) groups excluding carboxylic acids is 1. The molecular formula is C14H25ClN2OS. The SMILES string of the molecule is CN(C(=O)CC1CC2CCC(C1)N2)C1CCSC1.Cl. The Morgan fingerprint density at radius 1 is 1.26 bits per heavy atom. The van der Waals surface area contributed by atoms with Crippen LogP contribution >= 0.6 is 24.2 Å². The molecule has 0 saturated carbocycles. The zero-order valence-electron chi connectivity index (χ0n) is 11.6. The maximum absolute atomic E-state index is 12.3. The third-order valence-corrected chi connectivity index (χ3v) is 6.03. The molecule has 0 aromatic heterocycles. The van der Waals surface area contributed by atoms with Crippen molar-refractivity contribution in [3.05, 3.63) is 0 Å². The average Bonchev–Trinajstić information content (AvgIpc) is 2.98. The molecule has 3 aliphatic heterocycles. The Balaban J connectivity index is 0.00000133. The first kappa shape index (κ1) is 15.5. The van der Waals surface area contributed by atoms with E-state index < -0.39 is 0 Å². The summed E-state index contributed by atoms with van der Waals surface area (Å²) in [6.45, 7) is 0. The monoisotopic (exact) mass is 304 g/mol. The van der Waals surface area contributed by atoms with Crippen LogP contribution in [0.1, 0.15) is 38.5 Å². The van der Waals surface area contributed by atoms with Crippen molar-refractivity contribution in [2.75, 3.05) is 18.6 Å². The normalized spacial score (nSPS) is 36.9. The van der Waals surface area contributed by atoms with Gasteiger partial charge in [0.1, 0.15) is 0 Å². The molecule has 3 fully saturated rings. The average molecular weight is 305 g/mol. The van der Waals surface area contributed by atoms with Crippen LogP contribution in [0.15, 0.2) is 0 Å². The lowest BCUT2D eigenvalue weighted by Gasteiger charge is -2.31. The van der Waals surface area contributed by atoms with Crippen LogP contribution in [0, 0.1) is 5.92 Å². The maximum Gasteiger partial charge on any atom is 0.222 e. The standard InChI is InChI=1S/C14H24N2OS.ClH/c1-16(13-4-5-18-9-13)14(17)8-10-6-11-2-3-12(7-10)15-11;/h10-13,15H,2-9H2,1H3;1H. The molecule has 3 atom stereocenters. The minimum absolute atomic E-state index is 0. The number of fused-ring (bicyclic) bond motifs is 2. The van der Waals surface area contributed by atoms with Gasteiger partial charge in [-0.2, -0.15) is 11.8 Å². The van der Waals surface area contributed by atoms with E-state index in [0.29, 0.717) is 30.0 Å². The molecule has 3 nitrogen and oxygen atoms in total. The van der Waals surface area contributed by atoms with Gasteiger partial charge in [-0.25, -0.2) is 0 Å². The van der Waals surface area contributed by atoms with Crippen LogP contribution in [0.4, 0.5) is 0 Å². The molecule has 0 aromatic rings. The van der Waals surface area contributed by atoms with Crippen LogP contribution < -0.4 is 5.32 Å². The van der Waals surface area contributed by atoms with E-state index in [1.807, 2.05) is 23.7 Å². The van der Waals surface area contributed by atoms with Crippen LogP contribution in [0.3, 0.4) is 0 Å². The number of piperidine rings is 1. The van der Waals surface area contributed by atoms with Crippen LogP contribution in [-0.2, 0) is 4.79 Å². The summed E-state index contributed by atoms with van der Waals surface area (Å²) in [7, 11) is 2.01. The first-order valence-corrected chi connectivity index (χ1v) is 8.47. The van der Waals surface area contributed by atoms with Crippen molar-refractivity contribution in [2.45, 2.75) is 56.7 Å². The molecule has 3 unspecified atom stereocenters. The Kier molecular flexibility index (Phi) is 5.44. The first-order valence-electron chi connectivity index (χ1n) is 7.32. The number of halogens is 1. The number of hydrogen-bond acceptors (Lipinski definition) is 3. The Hall–Kier alpha value is 0.0700. The molecule has 19 heavy (non-hydrogen) atoms. The second-order valence-electron chi connectivity index (χ2n) is 6.20. The highest BCUT2D eigenvalue weighted by molar-refractivity contribution is 7.99. The molecule has 1 amide bonds. The number of thioether (sulfide) groups is 1. The molecule has 5 heteroatoms. The van der Waals surface area contributed by atoms with Gasteiger partial charge in [-0.1, -0.05) is 0 Å². The Bertz CT molecular complexity index is 311. The molecule has 0 aliphatic carbocycles. The Labute approximate surface area is 126 Å². The van der Waals surface area contributed by atoms with Crippen molar-refractivity contribution in [1.82, 2.24) is 10.2 Å². The molecule has 3 saturated heterocycles. The highest BCUT2D eigenvalue weighted by Crippen LogP contribution is 2.33. The van der Waals surface area contributed by atoms with Crippen molar-refractivity contribution in [3.63, 3.8) is 0 Å². The third-order valence-electron chi connectivity index (χ3n) is 4.88. The summed E-state index contributed by atoms with van der Waals surface area (Å²) in [6, 6.07) is 1.91. The number of rotatable bonds is 3. The van der Waals surface area contributed by atoms with Gasteiger partial charge in [-0.15, -0.1) is 12.4 Å². The van der Waals surface area contributed by atoms with Crippen LogP contribution in [-0.4, -0.2) is 47.5 Å². The van der Waals surface area contributed by atoms with Gasteiger partial charge in [-0.3, -0.25) is 4.79 Å². The molecule has 3 aliphatic rings. The molecule has 0 aromatic carbocycles. The molecule has 0 radical (unpaired) electrons. The number of amides is 1. The molecule has 3 heterocycles. The molecule has 0 spiro atoms. The topological polar surface area (TPSA) is 32.3 Å².